The Labute approximate surface area is 137 Å². The monoisotopic (exact) mass is 361 g/mol. The van der Waals surface area contributed by atoms with Crippen LogP contribution in [0.4, 0.5) is 5.69 Å². The molecule has 2 aromatic rings. The van der Waals surface area contributed by atoms with Gasteiger partial charge in [0.2, 0.25) is 0 Å². The van der Waals surface area contributed by atoms with Gasteiger partial charge in [0, 0.05) is 10.2 Å². The predicted molar refractivity (Wildman–Crippen MR) is 91.4 cm³/mol. The number of rotatable bonds is 6. The molecule has 0 atom stereocenters. The van der Waals surface area contributed by atoms with Crippen molar-refractivity contribution in [3.63, 3.8) is 0 Å². The van der Waals surface area contributed by atoms with Crippen LogP contribution in [0.25, 0.3) is 0 Å². The van der Waals surface area contributed by atoms with Crippen LogP contribution in [-0.4, -0.2) is 25.8 Å². The van der Waals surface area contributed by atoms with Gasteiger partial charge < -0.3 is 10.1 Å². The summed E-state index contributed by atoms with van der Waals surface area (Å²) in [6, 6.07) is 15.0. The van der Waals surface area contributed by atoms with Gasteiger partial charge in [0.1, 0.15) is 5.75 Å². The zero-order chi connectivity index (χ0) is 15.8. The van der Waals surface area contributed by atoms with Crippen molar-refractivity contribution in [2.24, 2.45) is 5.10 Å². The topological polar surface area (TPSA) is 62.7 Å². The van der Waals surface area contributed by atoms with Gasteiger partial charge in [-0.15, -0.1) is 0 Å². The molecule has 5 nitrogen and oxygen atoms in total. The molecule has 0 aliphatic heterocycles. The number of carbonyl (C=O) groups is 1. The van der Waals surface area contributed by atoms with Crippen molar-refractivity contribution in [2.75, 3.05) is 19.0 Å². The van der Waals surface area contributed by atoms with Gasteiger partial charge in [-0.05, 0) is 42.0 Å². The third kappa shape index (κ3) is 5.21. The van der Waals surface area contributed by atoms with Crippen LogP contribution in [0.2, 0.25) is 0 Å². The molecule has 0 unspecified atom stereocenters. The Morgan fingerprint density at radius 2 is 2.05 bits per heavy atom. The van der Waals surface area contributed by atoms with Crippen LogP contribution in [-0.2, 0) is 4.79 Å². The molecule has 1 amide bonds. The van der Waals surface area contributed by atoms with E-state index in [1.165, 1.54) is 0 Å². The summed E-state index contributed by atoms with van der Waals surface area (Å²) in [4.78, 5) is 11.7. The standard InChI is InChI=1S/C16H16BrN3O2/c1-22-15-4-2-3-12(9-15)10-19-20-16(21)11-18-14-7-5-13(17)6-8-14/h2-10,18H,11H2,1H3,(H,20,21)/b19-10+. The number of halogens is 1. The number of nitrogens with one attached hydrogen (secondary N) is 2. The van der Waals surface area contributed by atoms with Crippen LogP contribution in [0.3, 0.4) is 0 Å². The molecule has 0 aliphatic carbocycles. The number of carbonyl (C=O) groups excluding carboxylic acids is 1. The number of hydrogen-bond donors (Lipinski definition) is 2. The third-order valence-corrected chi connectivity index (χ3v) is 3.32. The molecule has 2 N–H and O–H groups in total. The number of ether oxygens (including phenoxy) is 1. The van der Waals surface area contributed by atoms with Gasteiger partial charge in [0.15, 0.2) is 0 Å². The highest BCUT2D eigenvalue weighted by atomic mass is 79.9. The molecule has 0 bridgehead atoms. The summed E-state index contributed by atoms with van der Waals surface area (Å²) in [7, 11) is 1.60. The summed E-state index contributed by atoms with van der Waals surface area (Å²) in [5.41, 5.74) is 4.19. The molecular weight excluding hydrogens is 346 g/mol. The Bertz CT molecular complexity index is 657. The van der Waals surface area contributed by atoms with E-state index in [0.717, 1.165) is 21.5 Å². The van der Waals surface area contributed by atoms with E-state index in [9.17, 15) is 4.79 Å². The number of amides is 1. The fourth-order valence-electron chi connectivity index (χ4n) is 1.69. The number of methoxy groups -OCH3 is 1. The predicted octanol–water partition coefficient (Wildman–Crippen LogP) is 3.02. The minimum atomic E-state index is -0.220. The van der Waals surface area contributed by atoms with Crippen LogP contribution >= 0.6 is 15.9 Å². The number of benzene rings is 2. The smallest absolute Gasteiger partial charge is 0.259 e. The van der Waals surface area contributed by atoms with Gasteiger partial charge in [-0.25, -0.2) is 5.43 Å². The van der Waals surface area contributed by atoms with Crippen molar-refractivity contribution in [1.82, 2.24) is 5.43 Å². The van der Waals surface area contributed by atoms with Crippen LogP contribution in [0.5, 0.6) is 5.75 Å². The quantitative estimate of drug-likeness (QED) is 0.613. The molecule has 0 radical (unpaired) electrons. The molecule has 0 aromatic heterocycles. The highest BCUT2D eigenvalue weighted by Crippen LogP contribution is 2.13. The van der Waals surface area contributed by atoms with Crippen molar-refractivity contribution in [3.05, 3.63) is 58.6 Å². The number of hydrogen-bond acceptors (Lipinski definition) is 4. The summed E-state index contributed by atoms with van der Waals surface area (Å²) >= 11 is 3.36. The minimum Gasteiger partial charge on any atom is -0.497 e. The summed E-state index contributed by atoms with van der Waals surface area (Å²) in [6.07, 6.45) is 1.57. The molecule has 0 heterocycles. The fourth-order valence-corrected chi connectivity index (χ4v) is 1.95. The van der Waals surface area contributed by atoms with Gasteiger partial charge in [-0.2, -0.15) is 5.10 Å². The normalized spacial score (nSPS) is 10.5. The van der Waals surface area contributed by atoms with Crippen LogP contribution < -0.4 is 15.5 Å². The molecule has 0 spiro atoms. The second-order valence-corrected chi connectivity index (χ2v) is 5.35. The number of nitrogens with zero attached hydrogens (tertiary/aromatic N) is 1. The lowest BCUT2D eigenvalue weighted by molar-refractivity contribution is -0.119. The van der Waals surface area contributed by atoms with E-state index in [1.807, 2.05) is 48.5 Å². The Morgan fingerprint density at radius 3 is 2.77 bits per heavy atom. The molecular formula is C16H16BrN3O2. The SMILES string of the molecule is COc1cccc(/C=N/NC(=O)CNc2ccc(Br)cc2)c1. The van der Waals surface area contributed by atoms with Gasteiger partial charge in [0.05, 0.1) is 19.9 Å². The molecule has 2 aromatic carbocycles. The van der Waals surface area contributed by atoms with Crippen molar-refractivity contribution in [2.45, 2.75) is 0 Å². The molecule has 0 saturated carbocycles. The molecule has 0 aliphatic rings. The van der Waals surface area contributed by atoms with E-state index in [-0.39, 0.29) is 12.5 Å². The summed E-state index contributed by atoms with van der Waals surface area (Å²) in [5.74, 6) is 0.522. The third-order valence-electron chi connectivity index (χ3n) is 2.79. The first-order chi connectivity index (χ1) is 10.7. The number of anilines is 1. The molecule has 0 fully saturated rings. The van der Waals surface area contributed by atoms with Gasteiger partial charge in [-0.3, -0.25) is 4.79 Å². The Hall–Kier alpha value is -2.34. The Balaban J connectivity index is 1.79. The number of hydrazone groups is 1. The van der Waals surface area contributed by atoms with E-state index >= 15 is 0 Å². The lowest BCUT2D eigenvalue weighted by Gasteiger charge is -2.05. The molecule has 0 saturated heterocycles. The largest absolute Gasteiger partial charge is 0.497 e. The second kappa shape index (κ2) is 8.19. The van der Waals surface area contributed by atoms with Crippen LogP contribution in [0.1, 0.15) is 5.56 Å². The highest BCUT2D eigenvalue weighted by molar-refractivity contribution is 9.10. The zero-order valence-corrected chi connectivity index (χ0v) is 13.6. The van der Waals surface area contributed by atoms with E-state index < -0.39 is 0 Å². The van der Waals surface area contributed by atoms with Crippen LogP contribution in [0.15, 0.2) is 58.1 Å². The lowest BCUT2D eigenvalue weighted by Crippen LogP contribution is -2.25. The second-order valence-electron chi connectivity index (χ2n) is 4.43. The highest BCUT2D eigenvalue weighted by Gasteiger charge is 1.99. The van der Waals surface area contributed by atoms with Crippen molar-refractivity contribution >= 4 is 33.7 Å². The minimum absolute atomic E-state index is 0.150. The van der Waals surface area contributed by atoms with E-state index in [4.69, 9.17) is 4.74 Å². The molecule has 22 heavy (non-hydrogen) atoms. The Morgan fingerprint density at radius 1 is 1.27 bits per heavy atom. The maximum atomic E-state index is 11.7. The van der Waals surface area contributed by atoms with E-state index in [2.05, 4.69) is 31.8 Å². The molecule has 114 valence electrons. The van der Waals surface area contributed by atoms with Crippen LogP contribution in [0, 0.1) is 0 Å². The van der Waals surface area contributed by atoms with Crippen molar-refractivity contribution < 1.29 is 9.53 Å². The first-order valence-electron chi connectivity index (χ1n) is 6.63. The zero-order valence-electron chi connectivity index (χ0n) is 12.0. The van der Waals surface area contributed by atoms with Gasteiger partial charge in [-0.1, -0.05) is 28.1 Å². The summed E-state index contributed by atoms with van der Waals surface area (Å²) in [5, 5.41) is 6.93. The Kier molecular flexibility index (Phi) is 5.97. The van der Waals surface area contributed by atoms with E-state index in [1.54, 1.807) is 13.3 Å². The average molecular weight is 362 g/mol. The van der Waals surface area contributed by atoms with Crippen molar-refractivity contribution in [1.29, 1.82) is 0 Å². The summed E-state index contributed by atoms with van der Waals surface area (Å²) < 4.78 is 6.11. The fraction of sp³-hybridized carbons (Fsp3) is 0.125. The maximum Gasteiger partial charge on any atom is 0.259 e. The first-order valence-corrected chi connectivity index (χ1v) is 7.42. The maximum absolute atomic E-state index is 11.7. The molecule has 6 heteroatoms. The van der Waals surface area contributed by atoms with Gasteiger partial charge >= 0.3 is 0 Å². The average Bonchev–Trinajstić information content (AvgIpc) is 2.54. The van der Waals surface area contributed by atoms with Crippen molar-refractivity contribution in [3.8, 4) is 5.75 Å². The van der Waals surface area contributed by atoms with Gasteiger partial charge in [0.25, 0.3) is 5.91 Å². The summed E-state index contributed by atoms with van der Waals surface area (Å²) in [6.45, 7) is 0.150. The molecule has 2 rings (SSSR count). The lowest BCUT2D eigenvalue weighted by atomic mass is 10.2. The first kappa shape index (κ1) is 16.0. The van der Waals surface area contributed by atoms with E-state index in [0.29, 0.717) is 0 Å².